The van der Waals surface area contributed by atoms with E-state index >= 15 is 0 Å². The highest BCUT2D eigenvalue weighted by Gasteiger charge is 2.38. The molecule has 7 nitrogen and oxygen atoms in total. The third-order valence-corrected chi connectivity index (χ3v) is 8.06. The number of benzene rings is 2. The van der Waals surface area contributed by atoms with Crippen LogP contribution >= 0.6 is 0 Å². The summed E-state index contributed by atoms with van der Waals surface area (Å²) in [4.78, 5) is 12.5. The number of sulfonamides is 1. The van der Waals surface area contributed by atoms with E-state index < -0.39 is 21.2 Å². The Balaban J connectivity index is 2.45. The molecule has 0 amide bonds. The number of esters is 1. The smallest absolute Gasteiger partial charge is 0.307 e. The molecule has 192 valence electrons. The summed E-state index contributed by atoms with van der Waals surface area (Å²) in [6.45, 7) is 9.37. The largest absolute Gasteiger partial charge is 0.497 e. The highest BCUT2D eigenvalue weighted by atomic mass is 32.2. The van der Waals surface area contributed by atoms with Crippen LogP contribution in [0.15, 0.2) is 61.2 Å². The van der Waals surface area contributed by atoms with Gasteiger partial charge in [-0.25, -0.2) is 8.42 Å². The Bertz CT molecular complexity index is 999. The number of methoxy groups -OCH3 is 2. The molecule has 2 aromatic carbocycles. The number of carbonyl (C=O) groups is 1. The lowest BCUT2D eigenvalue weighted by Gasteiger charge is -2.30. The van der Waals surface area contributed by atoms with Crippen LogP contribution in [0, 0.1) is 5.92 Å². The first-order valence-electron chi connectivity index (χ1n) is 11.7. The van der Waals surface area contributed by atoms with Crippen LogP contribution in [0.1, 0.15) is 44.7 Å². The first-order chi connectivity index (χ1) is 16.6. The fraction of sp³-hybridized carbons (Fsp3) is 0.444. The van der Waals surface area contributed by atoms with Gasteiger partial charge in [0.25, 0.3) is 0 Å². The molecule has 0 saturated heterocycles. The zero-order valence-electron chi connectivity index (χ0n) is 21.3. The van der Waals surface area contributed by atoms with Gasteiger partial charge in [-0.3, -0.25) is 4.79 Å². The van der Waals surface area contributed by atoms with Gasteiger partial charge in [-0.15, -0.1) is 6.58 Å². The average molecular weight is 504 g/mol. The van der Waals surface area contributed by atoms with Crippen LogP contribution in [0.25, 0.3) is 0 Å². The summed E-state index contributed by atoms with van der Waals surface area (Å²) in [6, 6.07) is 14.5. The van der Waals surface area contributed by atoms with Gasteiger partial charge in [-0.05, 0) is 61.6 Å². The highest BCUT2D eigenvalue weighted by molar-refractivity contribution is 7.89. The van der Waals surface area contributed by atoms with Crippen molar-refractivity contribution < 1.29 is 27.4 Å². The molecule has 0 aliphatic rings. The Morgan fingerprint density at radius 2 is 1.37 bits per heavy atom. The maximum atomic E-state index is 14.1. The SMILES string of the molecule is C=CC[C@H](C)[C@H](CC(=O)OC(C)C)S(=O)(=O)N(Cc1ccc(OC)cc1)Cc1ccc(OC)cc1. The minimum Gasteiger partial charge on any atom is -0.497 e. The van der Waals surface area contributed by atoms with Crippen LogP contribution in [0.5, 0.6) is 11.5 Å². The topological polar surface area (TPSA) is 82.1 Å². The Hall–Kier alpha value is -2.84. The van der Waals surface area contributed by atoms with Crippen molar-refractivity contribution in [2.45, 2.75) is 58.1 Å². The van der Waals surface area contributed by atoms with Crippen molar-refractivity contribution in [1.29, 1.82) is 0 Å². The van der Waals surface area contributed by atoms with E-state index in [0.717, 1.165) is 11.1 Å². The molecule has 0 radical (unpaired) electrons. The molecule has 0 bridgehead atoms. The second-order valence-corrected chi connectivity index (χ2v) is 10.9. The van der Waals surface area contributed by atoms with Gasteiger partial charge in [0.05, 0.1) is 32.0 Å². The van der Waals surface area contributed by atoms with Gasteiger partial charge in [0.1, 0.15) is 11.5 Å². The molecule has 0 heterocycles. The van der Waals surface area contributed by atoms with Gasteiger partial charge in [0, 0.05) is 13.1 Å². The van der Waals surface area contributed by atoms with Gasteiger partial charge >= 0.3 is 5.97 Å². The van der Waals surface area contributed by atoms with Gasteiger partial charge in [0.15, 0.2) is 0 Å². The molecule has 35 heavy (non-hydrogen) atoms. The molecule has 0 spiro atoms. The lowest BCUT2D eigenvalue weighted by molar-refractivity contribution is -0.147. The number of carbonyl (C=O) groups excluding carboxylic acids is 1. The number of ether oxygens (including phenoxy) is 3. The van der Waals surface area contributed by atoms with Crippen LogP contribution in [0.4, 0.5) is 0 Å². The van der Waals surface area contributed by atoms with Crippen molar-refractivity contribution in [2.24, 2.45) is 5.92 Å². The Morgan fingerprint density at radius 3 is 1.74 bits per heavy atom. The number of rotatable bonds is 14. The molecule has 2 aromatic rings. The van der Waals surface area contributed by atoms with Crippen LogP contribution in [-0.4, -0.2) is 44.3 Å². The molecule has 0 aliphatic carbocycles. The molecular weight excluding hydrogens is 466 g/mol. The van der Waals surface area contributed by atoms with Crippen molar-refractivity contribution in [2.75, 3.05) is 14.2 Å². The Morgan fingerprint density at radius 1 is 0.914 bits per heavy atom. The summed E-state index contributed by atoms with van der Waals surface area (Å²) in [5.74, 6) is 0.518. The zero-order chi connectivity index (χ0) is 26.0. The van der Waals surface area contributed by atoms with E-state index in [1.807, 2.05) is 31.2 Å². The monoisotopic (exact) mass is 503 g/mol. The molecule has 0 unspecified atom stereocenters. The van der Waals surface area contributed by atoms with Crippen molar-refractivity contribution in [3.63, 3.8) is 0 Å². The average Bonchev–Trinajstić information content (AvgIpc) is 2.82. The predicted molar refractivity (Wildman–Crippen MR) is 138 cm³/mol. The van der Waals surface area contributed by atoms with Crippen LogP contribution in [-0.2, 0) is 32.6 Å². The third-order valence-electron chi connectivity index (χ3n) is 5.69. The molecular formula is C27H37NO6S. The van der Waals surface area contributed by atoms with Crippen molar-refractivity contribution in [3.8, 4) is 11.5 Å². The highest BCUT2D eigenvalue weighted by Crippen LogP contribution is 2.28. The molecule has 0 aromatic heterocycles. The van der Waals surface area contributed by atoms with Crippen molar-refractivity contribution >= 4 is 16.0 Å². The van der Waals surface area contributed by atoms with E-state index in [-0.39, 0.29) is 31.5 Å². The minimum atomic E-state index is -3.92. The normalized spacial score (nSPS) is 13.3. The Labute approximate surface area is 209 Å². The summed E-state index contributed by atoms with van der Waals surface area (Å²) in [5, 5.41) is -0.955. The summed E-state index contributed by atoms with van der Waals surface area (Å²) in [6.07, 6.45) is 1.59. The lowest BCUT2D eigenvalue weighted by atomic mass is 10.0. The van der Waals surface area contributed by atoms with E-state index in [2.05, 4.69) is 6.58 Å². The summed E-state index contributed by atoms with van der Waals surface area (Å²) in [5.41, 5.74) is 1.62. The lowest BCUT2D eigenvalue weighted by Crippen LogP contribution is -2.42. The van der Waals surface area contributed by atoms with E-state index in [1.165, 1.54) is 4.31 Å². The number of hydrogen-bond donors (Lipinski definition) is 0. The minimum absolute atomic E-state index is 0.148. The second kappa shape index (κ2) is 13.3. The fourth-order valence-electron chi connectivity index (χ4n) is 3.79. The summed E-state index contributed by atoms with van der Waals surface area (Å²) in [7, 11) is -0.760. The number of hydrogen-bond acceptors (Lipinski definition) is 6. The van der Waals surface area contributed by atoms with Crippen LogP contribution < -0.4 is 9.47 Å². The fourth-order valence-corrected chi connectivity index (χ4v) is 5.87. The van der Waals surface area contributed by atoms with Gasteiger partial charge < -0.3 is 14.2 Å². The van der Waals surface area contributed by atoms with Crippen LogP contribution in [0.2, 0.25) is 0 Å². The maximum absolute atomic E-state index is 14.1. The summed E-state index contributed by atoms with van der Waals surface area (Å²) < 4.78 is 45.3. The molecule has 0 aliphatic heterocycles. The quantitative estimate of drug-likeness (QED) is 0.268. The second-order valence-electron chi connectivity index (χ2n) is 8.79. The van der Waals surface area contributed by atoms with Gasteiger partial charge in [-0.1, -0.05) is 37.3 Å². The molecule has 0 saturated carbocycles. The first-order valence-corrected chi connectivity index (χ1v) is 13.2. The van der Waals surface area contributed by atoms with Gasteiger partial charge in [-0.2, -0.15) is 4.31 Å². The standard InChI is InChI=1S/C27H37NO6S/c1-7-8-21(4)26(17-27(29)34-20(2)3)35(30,31)28(18-22-9-13-24(32-5)14-10-22)19-23-11-15-25(33-6)16-12-23/h7,9-16,20-21,26H,1,8,17-19H2,2-6H3/t21-,26-/m0/s1. The van der Waals surface area contributed by atoms with Crippen molar-refractivity contribution in [3.05, 3.63) is 72.3 Å². The van der Waals surface area contributed by atoms with Crippen LogP contribution in [0.3, 0.4) is 0 Å². The molecule has 0 N–H and O–H groups in total. The van der Waals surface area contributed by atoms with E-state index in [4.69, 9.17) is 14.2 Å². The molecule has 8 heteroatoms. The zero-order valence-corrected chi connectivity index (χ0v) is 22.1. The maximum Gasteiger partial charge on any atom is 0.307 e. The van der Waals surface area contributed by atoms with E-state index in [9.17, 15) is 13.2 Å². The molecule has 2 rings (SSSR count). The molecule has 0 fully saturated rings. The predicted octanol–water partition coefficient (Wildman–Crippen LogP) is 4.96. The van der Waals surface area contributed by atoms with Crippen molar-refractivity contribution in [1.82, 2.24) is 4.31 Å². The summed E-state index contributed by atoms with van der Waals surface area (Å²) >= 11 is 0. The molecule has 2 atom stereocenters. The third kappa shape index (κ3) is 8.40. The Kier molecular flexibility index (Phi) is 10.8. The number of allylic oxidation sites excluding steroid dienone is 1. The first kappa shape index (κ1) is 28.4. The van der Waals surface area contributed by atoms with E-state index in [0.29, 0.717) is 17.9 Å². The van der Waals surface area contributed by atoms with E-state index in [1.54, 1.807) is 58.4 Å². The number of nitrogens with zero attached hydrogens (tertiary/aromatic N) is 1. The van der Waals surface area contributed by atoms with Gasteiger partial charge in [0.2, 0.25) is 10.0 Å².